The number of rotatable bonds is 1. The van der Waals surface area contributed by atoms with Gasteiger partial charge >= 0.3 is 0 Å². The first kappa shape index (κ1) is 12.2. The fraction of sp³-hybridized carbons (Fsp3) is 0.455. The number of aryl methyl sites for hydroxylation is 1. The van der Waals surface area contributed by atoms with Gasteiger partial charge in [-0.3, -0.25) is 4.79 Å². The minimum atomic E-state index is -0.400. The average Bonchev–Trinajstić information content (AvgIpc) is 2.10. The number of carbonyl (C=O) groups is 1. The van der Waals surface area contributed by atoms with E-state index in [0.717, 1.165) is 10.0 Å². The molecule has 0 bridgehead atoms. The standard InChI is InChI=1S/C11H15BrN2O/c1-7-5-9(13-6-8(7)12)14-10(15)11(2,3)4/h5-6H,1-4H3,(H,13,14,15). The molecule has 0 radical (unpaired) electrons. The lowest BCUT2D eigenvalue weighted by atomic mass is 9.96. The van der Waals surface area contributed by atoms with E-state index in [1.165, 1.54) is 0 Å². The molecular formula is C11H15BrN2O. The molecule has 0 aliphatic carbocycles. The van der Waals surface area contributed by atoms with E-state index in [-0.39, 0.29) is 5.91 Å². The van der Waals surface area contributed by atoms with E-state index < -0.39 is 5.41 Å². The highest BCUT2D eigenvalue weighted by Crippen LogP contribution is 2.20. The Bertz CT molecular complexity index is 383. The highest BCUT2D eigenvalue weighted by molar-refractivity contribution is 9.10. The smallest absolute Gasteiger partial charge is 0.230 e. The van der Waals surface area contributed by atoms with Crippen molar-refractivity contribution in [1.82, 2.24) is 4.98 Å². The quantitative estimate of drug-likeness (QED) is 0.852. The number of nitrogens with one attached hydrogen (secondary N) is 1. The zero-order valence-electron chi connectivity index (χ0n) is 9.39. The number of pyridine rings is 1. The van der Waals surface area contributed by atoms with Crippen molar-refractivity contribution in [2.24, 2.45) is 5.41 Å². The maximum atomic E-state index is 11.7. The molecule has 0 atom stereocenters. The molecule has 0 saturated heterocycles. The first-order valence-corrected chi connectivity index (χ1v) is 5.53. The lowest BCUT2D eigenvalue weighted by Gasteiger charge is -2.17. The Hall–Kier alpha value is -0.900. The van der Waals surface area contributed by atoms with Crippen LogP contribution in [0.1, 0.15) is 26.3 Å². The summed E-state index contributed by atoms with van der Waals surface area (Å²) >= 11 is 3.36. The zero-order chi connectivity index (χ0) is 11.6. The highest BCUT2D eigenvalue weighted by Gasteiger charge is 2.21. The number of carbonyl (C=O) groups excluding carboxylic acids is 1. The normalized spacial score (nSPS) is 11.3. The van der Waals surface area contributed by atoms with Gasteiger partial charge in [-0.15, -0.1) is 0 Å². The van der Waals surface area contributed by atoms with Crippen LogP contribution < -0.4 is 5.32 Å². The maximum Gasteiger partial charge on any atom is 0.230 e. The van der Waals surface area contributed by atoms with Gasteiger partial charge < -0.3 is 5.32 Å². The summed E-state index contributed by atoms with van der Waals surface area (Å²) in [6.07, 6.45) is 1.69. The van der Waals surface area contributed by atoms with Crippen LogP contribution in [0.2, 0.25) is 0 Å². The van der Waals surface area contributed by atoms with E-state index in [1.807, 2.05) is 33.8 Å². The van der Waals surface area contributed by atoms with Crippen molar-refractivity contribution in [1.29, 1.82) is 0 Å². The molecule has 0 aromatic carbocycles. The van der Waals surface area contributed by atoms with Crippen LogP contribution in [0.15, 0.2) is 16.7 Å². The Morgan fingerprint density at radius 2 is 2.07 bits per heavy atom. The molecule has 1 amide bonds. The molecule has 0 fully saturated rings. The van der Waals surface area contributed by atoms with Crippen LogP contribution in [0, 0.1) is 12.3 Å². The summed E-state index contributed by atoms with van der Waals surface area (Å²) in [6, 6.07) is 1.84. The number of hydrogen-bond acceptors (Lipinski definition) is 2. The summed E-state index contributed by atoms with van der Waals surface area (Å²) < 4.78 is 0.941. The molecule has 1 rings (SSSR count). The lowest BCUT2D eigenvalue weighted by molar-refractivity contribution is -0.123. The molecular weight excluding hydrogens is 256 g/mol. The first-order chi connectivity index (χ1) is 6.80. The van der Waals surface area contributed by atoms with E-state index in [9.17, 15) is 4.79 Å². The van der Waals surface area contributed by atoms with Crippen LogP contribution in [-0.4, -0.2) is 10.9 Å². The van der Waals surface area contributed by atoms with Gasteiger partial charge in [0.1, 0.15) is 5.82 Å². The van der Waals surface area contributed by atoms with Crippen LogP contribution in [0.25, 0.3) is 0 Å². The molecule has 82 valence electrons. The topological polar surface area (TPSA) is 42.0 Å². The third kappa shape index (κ3) is 3.30. The first-order valence-electron chi connectivity index (χ1n) is 4.74. The average molecular weight is 271 g/mol. The summed E-state index contributed by atoms with van der Waals surface area (Å²) in [5.74, 6) is 0.562. The van der Waals surface area contributed by atoms with Crippen LogP contribution in [0.5, 0.6) is 0 Å². The molecule has 1 aromatic heterocycles. The molecule has 0 saturated carbocycles. The van der Waals surface area contributed by atoms with Crippen molar-refractivity contribution in [3.8, 4) is 0 Å². The van der Waals surface area contributed by atoms with Crippen molar-refractivity contribution in [2.75, 3.05) is 5.32 Å². The number of hydrogen-bond donors (Lipinski definition) is 1. The van der Waals surface area contributed by atoms with Gasteiger partial charge in [0.25, 0.3) is 0 Å². The summed E-state index contributed by atoms with van der Waals surface area (Å²) in [6.45, 7) is 7.56. The monoisotopic (exact) mass is 270 g/mol. The molecule has 0 aliphatic heterocycles. The predicted octanol–water partition coefficient (Wildman–Crippen LogP) is 3.14. The van der Waals surface area contributed by atoms with Gasteiger partial charge in [0.15, 0.2) is 0 Å². The van der Waals surface area contributed by atoms with Crippen LogP contribution in [-0.2, 0) is 4.79 Å². The molecule has 0 unspecified atom stereocenters. The van der Waals surface area contributed by atoms with E-state index in [1.54, 1.807) is 6.20 Å². The Morgan fingerprint density at radius 1 is 1.47 bits per heavy atom. The van der Waals surface area contributed by atoms with E-state index in [4.69, 9.17) is 0 Å². The van der Waals surface area contributed by atoms with Crippen molar-refractivity contribution in [3.05, 3.63) is 22.3 Å². The van der Waals surface area contributed by atoms with E-state index in [2.05, 4.69) is 26.2 Å². The van der Waals surface area contributed by atoms with E-state index in [0.29, 0.717) is 5.82 Å². The number of amides is 1. The van der Waals surface area contributed by atoms with Crippen molar-refractivity contribution in [2.45, 2.75) is 27.7 Å². The molecule has 1 aromatic rings. The van der Waals surface area contributed by atoms with Gasteiger partial charge in [0.2, 0.25) is 5.91 Å². The zero-order valence-corrected chi connectivity index (χ0v) is 11.0. The second-order valence-electron chi connectivity index (χ2n) is 4.52. The van der Waals surface area contributed by atoms with Gasteiger partial charge in [-0.2, -0.15) is 0 Å². The van der Waals surface area contributed by atoms with Gasteiger partial charge in [0.05, 0.1) is 0 Å². The number of halogens is 1. The van der Waals surface area contributed by atoms with Gasteiger partial charge in [0, 0.05) is 16.1 Å². The second-order valence-corrected chi connectivity index (χ2v) is 5.38. The Labute approximate surface area is 98.4 Å². The van der Waals surface area contributed by atoms with Crippen molar-refractivity contribution >= 4 is 27.7 Å². The molecule has 0 spiro atoms. The Morgan fingerprint density at radius 3 is 2.53 bits per heavy atom. The summed E-state index contributed by atoms with van der Waals surface area (Å²) in [4.78, 5) is 15.8. The minimum absolute atomic E-state index is 0.0308. The summed E-state index contributed by atoms with van der Waals surface area (Å²) in [7, 11) is 0. The van der Waals surface area contributed by atoms with Crippen molar-refractivity contribution < 1.29 is 4.79 Å². The maximum absolute atomic E-state index is 11.7. The molecule has 3 nitrogen and oxygen atoms in total. The third-order valence-corrected chi connectivity index (χ3v) is 2.80. The second kappa shape index (κ2) is 4.31. The predicted molar refractivity (Wildman–Crippen MR) is 64.8 cm³/mol. The summed E-state index contributed by atoms with van der Waals surface area (Å²) in [5, 5.41) is 2.78. The Kier molecular flexibility index (Phi) is 3.50. The van der Waals surface area contributed by atoms with E-state index >= 15 is 0 Å². The fourth-order valence-corrected chi connectivity index (χ4v) is 1.13. The largest absolute Gasteiger partial charge is 0.310 e. The van der Waals surface area contributed by atoms with Gasteiger partial charge in [-0.1, -0.05) is 20.8 Å². The Balaban J connectivity index is 2.83. The third-order valence-electron chi connectivity index (χ3n) is 1.97. The van der Waals surface area contributed by atoms with Crippen LogP contribution in [0.3, 0.4) is 0 Å². The highest BCUT2D eigenvalue weighted by atomic mass is 79.9. The number of anilines is 1. The molecule has 4 heteroatoms. The molecule has 1 N–H and O–H groups in total. The van der Waals surface area contributed by atoms with Crippen LogP contribution in [0.4, 0.5) is 5.82 Å². The van der Waals surface area contributed by atoms with Gasteiger partial charge in [-0.05, 0) is 34.5 Å². The lowest BCUT2D eigenvalue weighted by Crippen LogP contribution is -2.28. The number of aromatic nitrogens is 1. The molecule has 0 aliphatic rings. The fourth-order valence-electron chi connectivity index (χ4n) is 0.912. The molecule has 1 heterocycles. The summed E-state index contributed by atoms with van der Waals surface area (Å²) in [5.41, 5.74) is 0.650. The van der Waals surface area contributed by atoms with Crippen molar-refractivity contribution in [3.63, 3.8) is 0 Å². The SMILES string of the molecule is Cc1cc(NC(=O)C(C)(C)C)ncc1Br. The van der Waals surface area contributed by atoms with Gasteiger partial charge in [-0.25, -0.2) is 4.98 Å². The minimum Gasteiger partial charge on any atom is -0.310 e. The number of nitrogens with zero attached hydrogens (tertiary/aromatic N) is 1. The van der Waals surface area contributed by atoms with Crippen LogP contribution >= 0.6 is 15.9 Å². The molecule has 15 heavy (non-hydrogen) atoms.